The van der Waals surface area contributed by atoms with Gasteiger partial charge in [0.2, 0.25) is 0 Å². The first-order chi connectivity index (χ1) is 7.32. The number of rotatable bonds is 0. The summed E-state index contributed by atoms with van der Waals surface area (Å²) in [5.41, 5.74) is 4.16. The number of amides is 1. The highest BCUT2D eigenvalue weighted by Crippen LogP contribution is 2.32. The molecule has 16 heavy (non-hydrogen) atoms. The van der Waals surface area contributed by atoms with E-state index in [1.807, 2.05) is 5.92 Å². The van der Waals surface area contributed by atoms with Crippen molar-refractivity contribution in [3.63, 3.8) is 0 Å². The molecule has 1 rings (SSSR count). The Morgan fingerprint density at radius 2 is 2.00 bits per heavy atom. The monoisotopic (exact) mass is 227 g/mol. The molecule has 1 amide bonds. The van der Waals surface area contributed by atoms with Crippen molar-refractivity contribution in [1.82, 2.24) is 0 Å². The molecule has 1 aromatic carbocycles. The average molecular weight is 227 g/mol. The minimum atomic E-state index is -4.42. The first-order valence-electron chi connectivity index (χ1n) is 4.30. The lowest BCUT2D eigenvalue weighted by Gasteiger charge is -2.10. The van der Waals surface area contributed by atoms with Crippen molar-refractivity contribution < 1.29 is 18.0 Å². The summed E-state index contributed by atoms with van der Waals surface area (Å²) in [5, 5.41) is 0. The predicted octanol–water partition coefficient (Wildman–Crippen LogP) is 1.85. The topological polar surface area (TPSA) is 43.1 Å². The molecule has 0 aliphatic heterocycles. The molecule has 0 saturated carbocycles. The summed E-state index contributed by atoms with van der Waals surface area (Å²) < 4.78 is 37.5. The van der Waals surface area contributed by atoms with Crippen molar-refractivity contribution >= 4 is 5.91 Å². The molecule has 0 atom stereocenters. The second-order valence-electron chi connectivity index (χ2n) is 3.09. The van der Waals surface area contributed by atoms with Gasteiger partial charge in [0.15, 0.2) is 0 Å². The first kappa shape index (κ1) is 12.1. The van der Waals surface area contributed by atoms with Gasteiger partial charge in [-0.15, -0.1) is 0 Å². The Balaban J connectivity index is 3.27. The van der Waals surface area contributed by atoms with Gasteiger partial charge in [0.1, 0.15) is 0 Å². The van der Waals surface area contributed by atoms with Gasteiger partial charge >= 0.3 is 6.18 Å². The standard InChI is InChI=1S/C11H8F3NO/c1-7-8(5-6-10(15)16)3-2-4-9(7)11(12,13)14/h2-4H,1H3,(H2,15,16). The number of nitrogens with two attached hydrogens (primary N) is 1. The molecule has 1 aromatic rings. The Kier molecular flexibility index (Phi) is 3.23. The molecule has 0 fully saturated rings. The number of hydrogen-bond donors (Lipinski definition) is 1. The number of carbonyl (C=O) groups excluding carboxylic acids is 1. The normalized spacial score (nSPS) is 10.5. The van der Waals surface area contributed by atoms with Gasteiger partial charge in [-0.1, -0.05) is 12.0 Å². The van der Waals surface area contributed by atoms with E-state index in [4.69, 9.17) is 5.73 Å². The molecule has 0 aliphatic carbocycles. The molecule has 0 spiro atoms. The second kappa shape index (κ2) is 4.27. The highest BCUT2D eigenvalue weighted by atomic mass is 19.4. The number of halogens is 3. The van der Waals surface area contributed by atoms with Crippen molar-refractivity contribution in [3.8, 4) is 11.8 Å². The molecule has 0 saturated heterocycles. The summed E-state index contributed by atoms with van der Waals surface area (Å²) >= 11 is 0. The maximum absolute atomic E-state index is 12.5. The lowest BCUT2D eigenvalue weighted by atomic mass is 10.0. The van der Waals surface area contributed by atoms with Crippen molar-refractivity contribution in [1.29, 1.82) is 0 Å². The van der Waals surface area contributed by atoms with E-state index in [0.717, 1.165) is 6.07 Å². The van der Waals surface area contributed by atoms with Crippen molar-refractivity contribution in [3.05, 3.63) is 34.9 Å². The molecule has 0 bridgehead atoms. The minimum Gasteiger partial charge on any atom is -0.359 e. The molecule has 2 N–H and O–H groups in total. The van der Waals surface area contributed by atoms with Crippen LogP contribution in [-0.4, -0.2) is 5.91 Å². The highest BCUT2D eigenvalue weighted by molar-refractivity contribution is 5.92. The Labute approximate surface area is 90.3 Å². The number of primary amides is 1. The van der Waals surface area contributed by atoms with E-state index in [-0.39, 0.29) is 11.1 Å². The van der Waals surface area contributed by atoms with Crippen LogP contribution >= 0.6 is 0 Å². The van der Waals surface area contributed by atoms with Crippen LogP contribution in [0, 0.1) is 18.8 Å². The van der Waals surface area contributed by atoms with Gasteiger partial charge in [0.05, 0.1) is 5.56 Å². The molecule has 0 radical (unpaired) electrons. The molecule has 84 valence electrons. The highest BCUT2D eigenvalue weighted by Gasteiger charge is 2.32. The smallest absolute Gasteiger partial charge is 0.359 e. The zero-order chi connectivity index (χ0) is 12.3. The number of carbonyl (C=O) groups is 1. The van der Waals surface area contributed by atoms with Crippen LogP contribution in [0.25, 0.3) is 0 Å². The Bertz CT molecular complexity index is 480. The summed E-state index contributed by atoms with van der Waals surface area (Å²) in [7, 11) is 0. The third-order valence-corrected chi connectivity index (χ3v) is 1.96. The molecule has 0 aliphatic rings. The average Bonchev–Trinajstić information content (AvgIpc) is 2.14. The van der Waals surface area contributed by atoms with E-state index >= 15 is 0 Å². The minimum absolute atomic E-state index is 0.0104. The molecule has 0 heterocycles. The van der Waals surface area contributed by atoms with Gasteiger partial charge in [0, 0.05) is 5.56 Å². The largest absolute Gasteiger partial charge is 0.416 e. The van der Waals surface area contributed by atoms with Crippen LogP contribution in [0.2, 0.25) is 0 Å². The van der Waals surface area contributed by atoms with Crippen LogP contribution in [0.5, 0.6) is 0 Å². The van der Waals surface area contributed by atoms with E-state index in [1.54, 1.807) is 0 Å². The summed E-state index contributed by atoms with van der Waals surface area (Å²) in [6.45, 7) is 1.30. The third-order valence-electron chi connectivity index (χ3n) is 1.96. The SMILES string of the molecule is Cc1c(C#CC(N)=O)cccc1C(F)(F)F. The van der Waals surface area contributed by atoms with Crippen LogP contribution in [0.4, 0.5) is 13.2 Å². The summed E-state index contributed by atoms with van der Waals surface area (Å²) in [6, 6.07) is 3.60. The zero-order valence-corrected chi connectivity index (χ0v) is 8.35. The van der Waals surface area contributed by atoms with E-state index < -0.39 is 17.6 Å². The van der Waals surface area contributed by atoms with Crippen molar-refractivity contribution in [2.45, 2.75) is 13.1 Å². The predicted molar refractivity (Wildman–Crippen MR) is 52.3 cm³/mol. The molecule has 0 unspecified atom stereocenters. The maximum Gasteiger partial charge on any atom is 0.416 e. The Morgan fingerprint density at radius 3 is 2.50 bits per heavy atom. The van der Waals surface area contributed by atoms with Crippen LogP contribution < -0.4 is 5.73 Å². The molecular formula is C11H8F3NO. The summed E-state index contributed by atoms with van der Waals surface area (Å²) in [5.74, 6) is 3.43. The zero-order valence-electron chi connectivity index (χ0n) is 8.35. The Morgan fingerprint density at radius 1 is 1.38 bits per heavy atom. The number of hydrogen-bond acceptors (Lipinski definition) is 1. The fourth-order valence-corrected chi connectivity index (χ4v) is 1.21. The van der Waals surface area contributed by atoms with E-state index in [0.29, 0.717) is 0 Å². The van der Waals surface area contributed by atoms with Crippen molar-refractivity contribution in [2.75, 3.05) is 0 Å². The molecular weight excluding hydrogens is 219 g/mol. The van der Waals surface area contributed by atoms with Gasteiger partial charge in [0.25, 0.3) is 5.91 Å². The number of alkyl halides is 3. The lowest BCUT2D eigenvalue weighted by molar-refractivity contribution is -0.138. The summed E-state index contributed by atoms with van der Waals surface area (Å²) in [6.07, 6.45) is -4.42. The van der Waals surface area contributed by atoms with Crippen LogP contribution in [0.1, 0.15) is 16.7 Å². The van der Waals surface area contributed by atoms with E-state index in [9.17, 15) is 18.0 Å². The van der Waals surface area contributed by atoms with E-state index in [2.05, 4.69) is 5.92 Å². The van der Waals surface area contributed by atoms with Crippen LogP contribution in [-0.2, 0) is 11.0 Å². The van der Waals surface area contributed by atoms with Gasteiger partial charge in [-0.2, -0.15) is 13.2 Å². The molecule has 2 nitrogen and oxygen atoms in total. The summed E-state index contributed by atoms with van der Waals surface area (Å²) in [4.78, 5) is 10.4. The van der Waals surface area contributed by atoms with Gasteiger partial charge in [-0.05, 0) is 30.5 Å². The third kappa shape index (κ3) is 2.76. The first-order valence-corrected chi connectivity index (χ1v) is 4.30. The van der Waals surface area contributed by atoms with Crippen LogP contribution in [0.15, 0.2) is 18.2 Å². The molecule has 0 aromatic heterocycles. The van der Waals surface area contributed by atoms with Crippen molar-refractivity contribution in [2.24, 2.45) is 5.73 Å². The lowest BCUT2D eigenvalue weighted by Crippen LogP contribution is -2.09. The van der Waals surface area contributed by atoms with Crippen LogP contribution in [0.3, 0.4) is 0 Å². The van der Waals surface area contributed by atoms with Gasteiger partial charge in [-0.3, -0.25) is 4.79 Å². The van der Waals surface area contributed by atoms with Gasteiger partial charge < -0.3 is 5.73 Å². The van der Waals surface area contributed by atoms with E-state index in [1.165, 1.54) is 19.1 Å². The second-order valence-corrected chi connectivity index (χ2v) is 3.09. The fraction of sp³-hybridized carbons (Fsp3) is 0.182. The maximum atomic E-state index is 12.5. The molecule has 5 heteroatoms. The Hall–Kier alpha value is -1.96. The quantitative estimate of drug-likeness (QED) is 0.675. The number of benzene rings is 1. The van der Waals surface area contributed by atoms with Gasteiger partial charge in [-0.25, -0.2) is 0 Å². The fourth-order valence-electron chi connectivity index (χ4n) is 1.21.